The molecule has 2 aliphatic heterocycles. The number of fused-ring (bicyclic) bond motifs is 1. The third-order valence-corrected chi connectivity index (χ3v) is 11.5. The average molecular weight is 714 g/mol. The SMILES string of the molecule is CCOC(=O)[C@H]1CC[C@H](OC(C(=O)Cc2ccc(NC(=O)c3csc4ccccc34)c(Cl)c2F)(N2CCCC2)N2CC(CCOC)C2)CC1. The molecule has 264 valence electrons. The summed E-state index contributed by atoms with van der Waals surface area (Å²) in [7, 11) is 1.69. The number of carbonyl (C=O) groups is 3. The number of Topliss-reactive ketones (excluding diaryl/α,β-unsaturated/α-hetero) is 1. The number of ketones is 1. The van der Waals surface area contributed by atoms with Crippen molar-refractivity contribution in [2.75, 3.05) is 51.8 Å². The van der Waals surface area contributed by atoms with E-state index >= 15 is 4.39 Å². The van der Waals surface area contributed by atoms with Crippen LogP contribution in [-0.4, -0.2) is 85.9 Å². The second kappa shape index (κ2) is 16.0. The molecule has 3 aliphatic rings. The van der Waals surface area contributed by atoms with Crippen molar-refractivity contribution in [2.24, 2.45) is 11.8 Å². The third-order valence-electron chi connectivity index (χ3n) is 10.1. The summed E-state index contributed by atoms with van der Waals surface area (Å²) < 4.78 is 34.5. The van der Waals surface area contributed by atoms with Gasteiger partial charge < -0.3 is 19.5 Å². The van der Waals surface area contributed by atoms with Crippen LogP contribution in [0.1, 0.15) is 67.8 Å². The molecular weight excluding hydrogens is 669 g/mol. The summed E-state index contributed by atoms with van der Waals surface area (Å²) in [5, 5.41) is 5.10. The van der Waals surface area contributed by atoms with Gasteiger partial charge in [-0.1, -0.05) is 35.9 Å². The van der Waals surface area contributed by atoms with E-state index in [1.165, 1.54) is 17.4 Å². The normalized spacial score (nSPS) is 21.7. The van der Waals surface area contributed by atoms with Crippen LogP contribution in [0.3, 0.4) is 0 Å². The predicted octanol–water partition coefficient (Wildman–Crippen LogP) is 6.91. The number of amides is 1. The van der Waals surface area contributed by atoms with Crippen molar-refractivity contribution in [1.29, 1.82) is 0 Å². The van der Waals surface area contributed by atoms with Gasteiger partial charge in [-0.25, -0.2) is 4.39 Å². The Balaban J connectivity index is 1.23. The zero-order valence-corrected chi connectivity index (χ0v) is 29.8. The van der Waals surface area contributed by atoms with E-state index in [4.69, 9.17) is 25.8 Å². The lowest BCUT2D eigenvalue weighted by Crippen LogP contribution is -2.73. The fourth-order valence-corrected chi connectivity index (χ4v) is 8.61. The lowest BCUT2D eigenvalue weighted by atomic mass is 9.87. The van der Waals surface area contributed by atoms with Crippen LogP contribution in [0.2, 0.25) is 5.02 Å². The highest BCUT2D eigenvalue weighted by Gasteiger charge is 2.55. The number of esters is 1. The van der Waals surface area contributed by atoms with Gasteiger partial charge in [-0.05, 0) is 75.5 Å². The molecule has 3 aromatic rings. The molecule has 1 atom stereocenters. The fourth-order valence-electron chi connectivity index (χ4n) is 7.43. The lowest BCUT2D eigenvalue weighted by Gasteiger charge is -2.55. The van der Waals surface area contributed by atoms with Gasteiger partial charge in [0.15, 0.2) is 5.78 Å². The molecule has 1 aliphatic carbocycles. The first-order valence-corrected chi connectivity index (χ1v) is 18.6. The topological polar surface area (TPSA) is 97.4 Å². The first-order valence-electron chi connectivity index (χ1n) is 17.4. The summed E-state index contributed by atoms with van der Waals surface area (Å²) in [5.41, 5.74) is 0.766. The molecule has 49 heavy (non-hydrogen) atoms. The average Bonchev–Trinajstić information content (AvgIpc) is 3.78. The number of hydrogen-bond acceptors (Lipinski definition) is 9. The van der Waals surface area contributed by atoms with Crippen LogP contribution in [-0.2, 0) is 30.2 Å². The zero-order valence-electron chi connectivity index (χ0n) is 28.2. The van der Waals surface area contributed by atoms with E-state index in [1.807, 2.05) is 31.2 Å². The molecule has 1 aromatic heterocycles. The van der Waals surface area contributed by atoms with Gasteiger partial charge in [0.2, 0.25) is 5.85 Å². The van der Waals surface area contributed by atoms with Crippen LogP contribution in [0.4, 0.5) is 10.1 Å². The zero-order chi connectivity index (χ0) is 34.5. The first kappa shape index (κ1) is 35.9. The molecule has 9 nitrogen and oxygen atoms in total. The molecule has 0 radical (unpaired) electrons. The number of benzene rings is 2. The van der Waals surface area contributed by atoms with Crippen LogP contribution < -0.4 is 5.32 Å². The monoisotopic (exact) mass is 713 g/mol. The number of halogens is 2. The Labute approximate surface area is 296 Å². The van der Waals surface area contributed by atoms with Crippen molar-refractivity contribution in [2.45, 2.75) is 70.2 Å². The molecule has 1 unspecified atom stereocenters. The Morgan fingerprint density at radius 2 is 1.78 bits per heavy atom. The van der Waals surface area contributed by atoms with Crippen LogP contribution in [0.25, 0.3) is 10.1 Å². The maximum absolute atomic E-state index is 16.0. The number of likely N-dealkylation sites (tertiary alicyclic amines) is 2. The van der Waals surface area contributed by atoms with Crippen LogP contribution in [0.15, 0.2) is 41.8 Å². The van der Waals surface area contributed by atoms with Crippen molar-refractivity contribution >= 4 is 56.4 Å². The van der Waals surface area contributed by atoms with Gasteiger partial charge in [-0.2, -0.15) is 0 Å². The molecule has 6 rings (SSSR count). The molecule has 3 heterocycles. The number of nitrogens with one attached hydrogen (secondary N) is 1. The smallest absolute Gasteiger partial charge is 0.308 e. The highest BCUT2D eigenvalue weighted by atomic mass is 35.5. The minimum absolute atomic E-state index is 0.139. The number of hydrogen-bond donors (Lipinski definition) is 1. The highest BCUT2D eigenvalue weighted by molar-refractivity contribution is 7.17. The van der Waals surface area contributed by atoms with Gasteiger partial charge in [0, 0.05) is 61.8 Å². The van der Waals surface area contributed by atoms with Gasteiger partial charge in [0.25, 0.3) is 5.91 Å². The first-order chi connectivity index (χ1) is 23.7. The quantitative estimate of drug-likeness (QED) is 0.180. The van der Waals surface area contributed by atoms with Crippen molar-refractivity contribution < 1.29 is 33.0 Å². The van der Waals surface area contributed by atoms with Crippen LogP contribution >= 0.6 is 22.9 Å². The number of rotatable bonds is 14. The molecule has 2 aromatic carbocycles. The standard InChI is InChI=1S/C37H45ClFN3O6S/c1-3-47-36(45)25-10-13-27(14-11-25)48-37(41-17-6-7-18-41,42-21-24(22-42)16-19-46-2)32(43)20-26-12-15-30(33(38)34(26)39)40-35(44)29-23-49-31-9-5-4-8-28(29)31/h4-5,8-9,12,15,23-25,27H,3,6-7,10-11,13-14,16-22H2,1-2H3,(H,40,44)/t25-,27-,37?. The minimum Gasteiger partial charge on any atom is -0.466 e. The van der Waals surface area contributed by atoms with Crippen molar-refractivity contribution in [3.8, 4) is 0 Å². The van der Waals surface area contributed by atoms with E-state index in [0.717, 1.165) is 29.3 Å². The fraction of sp³-hybridized carbons (Fsp3) is 0.541. The van der Waals surface area contributed by atoms with E-state index in [9.17, 15) is 14.4 Å². The molecule has 0 spiro atoms. The second-order valence-electron chi connectivity index (χ2n) is 13.3. The minimum atomic E-state index is -1.37. The summed E-state index contributed by atoms with van der Waals surface area (Å²) in [6.45, 7) is 5.49. The highest BCUT2D eigenvalue weighted by Crippen LogP contribution is 2.40. The second-order valence-corrected chi connectivity index (χ2v) is 14.6. The van der Waals surface area contributed by atoms with E-state index in [1.54, 1.807) is 18.6 Å². The summed E-state index contributed by atoms with van der Waals surface area (Å²) in [5.74, 6) is -2.74. The van der Waals surface area contributed by atoms with E-state index < -0.39 is 11.7 Å². The Morgan fingerprint density at radius 3 is 2.49 bits per heavy atom. The lowest BCUT2D eigenvalue weighted by molar-refractivity contribution is -0.276. The number of thiophene rings is 1. The molecule has 12 heteroatoms. The van der Waals surface area contributed by atoms with Crippen molar-refractivity contribution in [1.82, 2.24) is 9.80 Å². The summed E-state index contributed by atoms with van der Waals surface area (Å²) >= 11 is 7.99. The van der Waals surface area contributed by atoms with E-state index in [0.29, 0.717) is 76.6 Å². The van der Waals surface area contributed by atoms with Crippen LogP contribution in [0, 0.1) is 17.7 Å². The molecule has 2 saturated heterocycles. The van der Waals surface area contributed by atoms with Gasteiger partial charge in [0.05, 0.1) is 29.9 Å². The summed E-state index contributed by atoms with van der Waals surface area (Å²) in [6, 6.07) is 10.7. The number of anilines is 1. The van der Waals surface area contributed by atoms with Gasteiger partial charge >= 0.3 is 5.97 Å². The number of methoxy groups -OCH3 is 1. The molecular formula is C37H45ClFN3O6S. The van der Waals surface area contributed by atoms with Crippen molar-refractivity contribution in [3.63, 3.8) is 0 Å². The Morgan fingerprint density at radius 1 is 1.04 bits per heavy atom. The Kier molecular flexibility index (Phi) is 11.7. The van der Waals surface area contributed by atoms with Gasteiger partial charge in [-0.3, -0.25) is 24.2 Å². The van der Waals surface area contributed by atoms with Gasteiger partial charge in [-0.15, -0.1) is 11.3 Å². The third kappa shape index (κ3) is 7.57. The van der Waals surface area contributed by atoms with E-state index in [-0.39, 0.29) is 52.4 Å². The molecule has 1 saturated carbocycles. The predicted molar refractivity (Wildman–Crippen MR) is 188 cm³/mol. The molecule has 1 N–H and O–H groups in total. The Hall–Kier alpha value is -2.93. The van der Waals surface area contributed by atoms with E-state index in [2.05, 4.69) is 15.1 Å². The number of carbonyl (C=O) groups excluding carboxylic acids is 3. The molecule has 3 fully saturated rings. The van der Waals surface area contributed by atoms with Gasteiger partial charge in [0.1, 0.15) is 10.8 Å². The maximum atomic E-state index is 16.0. The molecule has 0 bridgehead atoms. The summed E-state index contributed by atoms with van der Waals surface area (Å²) in [6.07, 6.45) is 4.77. The number of nitrogens with zero attached hydrogens (tertiary/aromatic N) is 2. The number of ether oxygens (including phenoxy) is 3. The summed E-state index contributed by atoms with van der Waals surface area (Å²) in [4.78, 5) is 44.6. The van der Waals surface area contributed by atoms with Crippen molar-refractivity contribution in [3.05, 3.63) is 63.7 Å². The van der Waals surface area contributed by atoms with Crippen LogP contribution in [0.5, 0.6) is 0 Å². The molecule has 1 amide bonds. The Bertz CT molecular complexity index is 1650. The largest absolute Gasteiger partial charge is 0.466 e. The maximum Gasteiger partial charge on any atom is 0.308 e.